The number of rotatable bonds is 3. The minimum absolute atomic E-state index is 0. The fourth-order valence-corrected chi connectivity index (χ4v) is 3.61. The highest BCUT2D eigenvalue weighted by molar-refractivity contribution is 14.0. The molecule has 1 unspecified atom stereocenters. The zero-order chi connectivity index (χ0) is 18.0. The van der Waals surface area contributed by atoms with Gasteiger partial charge in [0.1, 0.15) is 6.04 Å². The van der Waals surface area contributed by atoms with Gasteiger partial charge in [-0.05, 0) is 6.92 Å². The van der Waals surface area contributed by atoms with Crippen molar-refractivity contribution in [1.29, 1.82) is 0 Å². The molecule has 6 nitrogen and oxygen atoms in total. The van der Waals surface area contributed by atoms with E-state index in [0.29, 0.717) is 38.7 Å². The molecule has 1 fully saturated rings. The molecule has 11 heteroatoms. The molecular formula is C15H22F3IN6S. The van der Waals surface area contributed by atoms with Gasteiger partial charge in [0.2, 0.25) is 0 Å². The van der Waals surface area contributed by atoms with Crippen LogP contribution in [0.5, 0.6) is 0 Å². The Morgan fingerprint density at radius 2 is 2.04 bits per heavy atom. The maximum atomic E-state index is 12.8. The average Bonchev–Trinajstić information content (AvgIpc) is 3.16. The SMILES string of the molecule is CN=C(NCc1cn2ccsc2n1)N1CCN(C(C)C(F)(F)F)CC1.I. The van der Waals surface area contributed by atoms with Crippen LogP contribution >= 0.6 is 35.3 Å². The largest absolute Gasteiger partial charge is 0.403 e. The molecule has 3 heterocycles. The fourth-order valence-electron chi connectivity index (χ4n) is 2.89. The number of fused-ring (bicyclic) bond motifs is 1. The molecule has 146 valence electrons. The van der Waals surface area contributed by atoms with Gasteiger partial charge in [-0.3, -0.25) is 14.3 Å². The summed E-state index contributed by atoms with van der Waals surface area (Å²) in [6.45, 7) is 3.49. The van der Waals surface area contributed by atoms with E-state index < -0.39 is 12.2 Å². The van der Waals surface area contributed by atoms with E-state index in [2.05, 4.69) is 15.3 Å². The van der Waals surface area contributed by atoms with E-state index in [0.717, 1.165) is 10.7 Å². The minimum Gasteiger partial charge on any atom is -0.351 e. The molecule has 0 radical (unpaired) electrons. The number of imidazole rings is 1. The Kier molecular flexibility index (Phi) is 7.13. The van der Waals surface area contributed by atoms with Gasteiger partial charge < -0.3 is 10.2 Å². The van der Waals surface area contributed by atoms with E-state index in [9.17, 15) is 13.2 Å². The molecule has 1 aliphatic heterocycles. The molecule has 1 aliphatic rings. The van der Waals surface area contributed by atoms with E-state index in [1.807, 2.05) is 27.1 Å². The summed E-state index contributed by atoms with van der Waals surface area (Å²) < 4.78 is 40.4. The molecule has 3 rings (SSSR count). The van der Waals surface area contributed by atoms with Crippen LogP contribution in [0, 0.1) is 0 Å². The first-order valence-electron chi connectivity index (χ1n) is 8.06. The summed E-state index contributed by atoms with van der Waals surface area (Å²) in [5, 5.41) is 5.22. The van der Waals surface area contributed by atoms with Crippen LogP contribution in [0.25, 0.3) is 4.96 Å². The topological polar surface area (TPSA) is 48.2 Å². The molecule has 2 aromatic heterocycles. The molecule has 2 aromatic rings. The number of aliphatic imine (C=N–C) groups is 1. The lowest BCUT2D eigenvalue weighted by atomic mass is 10.2. The lowest BCUT2D eigenvalue weighted by Crippen LogP contribution is -2.56. The third-order valence-electron chi connectivity index (χ3n) is 4.42. The van der Waals surface area contributed by atoms with E-state index in [1.165, 1.54) is 11.8 Å². The van der Waals surface area contributed by atoms with Crippen LogP contribution in [0.1, 0.15) is 12.6 Å². The molecule has 1 N–H and O–H groups in total. The zero-order valence-corrected chi connectivity index (χ0v) is 17.7. The number of halogens is 4. The molecule has 0 amide bonds. The molecule has 0 spiro atoms. The summed E-state index contributed by atoms with van der Waals surface area (Å²) in [7, 11) is 1.68. The Morgan fingerprint density at radius 1 is 1.35 bits per heavy atom. The summed E-state index contributed by atoms with van der Waals surface area (Å²) in [6, 6.07) is -1.41. The smallest absolute Gasteiger partial charge is 0.351 e. The van der Waals surface area contributed by atoms with Crippen molar-refractivity contribution >= 4 is 46.2 Å². The number of nitrogens with zero attached hydrogens (tertiary/aromatic N) is 5. The van der Waals surface area contributed by atoms with Gasteiger partial charge in [0.05, 0.1) is 12.2 Å². The first-order chi connectivity index (χ1) is 11.9. The monoisotopic (exact) mass is 502 g/mol. The second-order valence-electron chi connectivity index (χ2n) is 5.97. The molecular weight excluding hydrogens is 480 g/mol. The van der Waals surface area contributed by atoms with E-state index >= 15 is 0 Å². The summed E-state index contributed by atoms with van der Waals surface area (Å²) in [5.41, 5.74) is 0.900. The van der Waals surface area contributed by atoms with Crippen molar-refractivity contribution in [2.45, 2.75) is 25.7 Å². The van der Waals surface area contributed by atoms with Crippen LogP contribution in [0.4, 0.5) is 13.2 Å². The van der Waals surface area contributed by atoms with Crippen molar-refractivity contribution in [3.8, 4) is 0 Å². The number of piperazine rings is 1. The maximum absolute atomic E-state index is 12.8. The molecule has 1 saturated heterocycles. The summed E-state index contributed by atoms with van der Waals surface area (Å²) >= 11 is 1.57. The van der Waals surface area contributed by atoms with Gasteiger partial charge in [-0.25, -0.2) is 4.98 Å². The number of hydrogen-bond acceptors (Lipinski definition) is 4. The highest BCUT2D eigenvalue weighted by Gasteiger charge is 2.41. The lowest BCUT2D eigenvalue weighted by molar-refractivity contribution is -0.181. The van der Waals surface area contributed by atoms with Crippen molar-refractivity contribution in [3.63, 3.8) is 0 Å². The van der Waals surface area contributed by atoms with Gasteiger partial charge in [-0.1, -0.05) is 0 Å². The highest BCUT2D eigenvalue weighted by atomic mass is 127. The highest BCUT2D eigenvalue weighted by Crippen LogP contribution is 2.25. The zero-order valence-electron chi connectivity index (χ0n) is 14.5. The van der Waals surface area contributed by atoms with Crippen LogP contribution in [0.3, 0.4) is 0 Å². The Labute approximate surface area is 171 Å². The van der Waals surface area contributed by atoms with Gasteiger partial charge in [-0.2, -0.15) is 13.2 Å². The standard InChI is InChI=1S/C15H21F3N6S.HI/c1-11(15(16,17)18)22-3-5-23(6-4-22)13(19-2)20-9-12-10-24-7-8-25-14(24)21-12;/h7-8,10-11H,3-6,9H2,1-2H3,(H,19,20);1H. The maximum Gasteiger partial charge on any atom is 0.403 e. The normalized spacial score (nSPS) is 18.0. The summed E-state index contributed by atoms with van der Waals surface area (Å²) in [5.74, 6) is 0.690. The quantitative estimate of drug-likeness (QED) is 0.399. The van der Waals surface area contributed by atoms with Gasteiger partial charge in [0.25, 0.3) is 0 Å². The second-order valence-corrected chi connectivity index (χ2v) is 6.84. The molecule has 0 saturated carbocycles. The molecule has 26 heavy (non-hydrogen) atoms. The van der Waals surface area contributed by atoms with E-state index in [-0.39, 0.29) is 24.0 Å². The third-order valence-corrected chi connectivity index (χ3v) is 5.19. The van der Waals surface area contributed by atoms with Crippen molar-refractivity contribution in [1.82, 2.24) is 24.5 Å². The fraction of sp³-hybridized carbons (Fsp3) is 0.600. The number of nitrogens with one attached hydrogen (secondary N) is 1. The molecule has 0 aliphatic carbocycles. The minimum atomic E-state index is -4.18. The van der Waals surface area contributed by atoms with Gasteiger partial charge >= 0.3 is 6.18 Å². The molecule has 1 atom stereocenters. The molecule has 0 bridgehead atoms. The summed E-state index contributed by atoms with van der Waals surface area (Å²) in [4.78, 5) is 13.1. The van der Waals surface area contributed by atoms with Gasteiger partial charge in [-0.15, -0.1) is 35.3 Å². The van der Waals surface area contributed by atoms with Gasteiger partial charge in [0.15, 0.2) is 10.9 Å². The number of hydrogen-bond donors (Lipinski definition) is 1. The Bertz CT molecular complexity index is 707. The van der Waals surface area contributed by atoms with Crippen molar-refractivity contribution in [3.05, 3.63) is 23.5 Å². The number of guanidine groups is 1. The van der Waals surface area contributed by atoms with Crippen molar-refractivity contribution in [2.75, 3.05) is 33.2 Å². The van der Waals surface area contributed by atoms with Crippen LogP contribution in [-0.4, -0.2) is 70.6 Å². The van der Waals surface area contributed by atoms with Crippen LogP contribution in [-0.2, 0) is 6.54 Å². The molecule has 0 aromatic carbocycles. The Balaban J connectivity index is 0.00000243. The average molecular weight is 502 g/mol. The van der Waals surface area contributed by atoms with E-state index in [4.69, 9.17) is 0 Å². The van der Waals surface area contributed by atoms with E-state index in [1.54, 1.807) is 18.4 Å². The lowest BCUT2D eigenvalue weighted by Gasteiger charge is -2.39. The predicted octanol–water partition coefficient (Wildman–Crippen LogP) is 2.66. The number of aromatic nitrogens is 2. The first kappa shape index (κ1) is 21.2. The van der Waals surface area contributed by atoms with Crippen LogP contribution in [0.2, 0.25) is 0 Å². The predicted molar refractivity (Wildman–Crippen MR) is 107 cm³/mol. The third kappa shape index (κ3) is 4.80. The second kappa shape index (κ2) is 8.74. The Morgan fingerprint density at radius 3 is 2.62 bits per heavy atom. The Hall–Kier alpha value is -1.08. The number of thiazole rings is 1. The van der Waals surface area contributed by atoms with Crippen LogP contribution in [0.15, 0.2) is 22.8 Å². The van der Waals surface area contributed by atoms with Crippen LogP contribution < -0.4 is 5.32 Å². The van der Waals surface area contributed by atoms with Gasteiger partial charge in [0, 0.05) is 51.0 Å². The summed E-state index contributed by atoms with van der Waals surface area (Å²) in [6.07, 6.45) is -0.280. The van der Waals surface area contributed by atoms with Crippen molar-refractivity contribution < 1.29 is 13.2 Å². The first-order valence-corrected chi connectivity index (χ1v) is 8.94. The number of alkyl halides is 3. The van der Waals surface area contributed by atoms with Crippen molar-refractivity contribution in [2.24, 2.45) is 4.99 Å².